The molecule has 0 bridgehead atoms. The highest BCUT2D eigenvalue weighted by Crippen LogP contribution is 2.26. The minimum Gasteiger partial charge on any atom is -0.384 e. The molecule has 1 aliphatic heterocycles. The van der Waals surface area contributed by atoms with Gasteiger partial charge in [0.1, 0.15) is 0 Å². The molecule has 1 unspecified atom stereocenters. The zero-order chi connectivity index (χ0) is 13.9. The number of anilines is 1. The zero-order valence-corrected chi connectivity index (χ0v) is 11.0. The van der Waals surface area contributed by atoms with Gasteiger partial charge in [-0.3, -0.25) is 0 Å². The molecule has 1 N–H and O–H groups in total. The molecule has 1 heterocycles. The largest absolute Gasteiger partial charge is 0.384 e. The lowest BCUT2D eigenvalue weighted by Gasteiger charge is -2.14. The van der Waals surface area contributed by atoms with Crippen LogP contribution in [0.15, 0.2) is 29.2 Å². The summed E-state index contributed by atoms with van der Waals surface area (Å²) in [6.07, 6.45) is 0.886. The Morgan fingerprint density at radius 3 is 2.74 bits per heavy atom. The van der Waals surface area contributed by atoms with Gasteiger partial charge in [-0.2, -0.15) is 8.78 Å². The van der Waals surface area contributed by atoms with Crippen LogP contribution in [0.1, 0.15) is 6.42 Å². The van der Waals surface area contributed by atoms with Crippen LogP contribution < -0.4 is 5.32 Å². The van der Waals surface area contributed by atoms with Gasteiger partial charge in [0.2, 0.25) is 9.84 Å². The van der Waals surface area contributed by atoms with E-state index in [-0.39, 0.29) is 16.5 Å². The molecule has 1 aromatic carbocycles. The van der Waals surface area contributed by atoms with Crippen molar-refractivity contribution in [3.8, 4) is 0 Å². The molecule has 1 aromatic rings. The fraction of sp³-hybridized carbons (Fsp3) is 0.500. The van der Waals surface area contributed by atoms with Gasteiger partial charge in [0, 0.05) is 19.1 Å². The Balaban J connectivity index is 2.16. The van der Waals surface area contributed by atoms with E-state index in [4.69, 9.17) is 4.74 Å². The Morgan fingerprint density at radius 1 is 1.37 bits per heavy atom. The van der Waals surface area contributed by atoms with Crippen molar-refractivity contribution in [2.24, 2.45) is 5.92 Å². The SMILES string of the molecule is O=S(=O)(c1ccccc1NCC1CCOC1)C(F)F. The summed E-state index contributed by atoms with van der Waals surface area (Å²) in [5.41, 5.74) is 0.217. The van der Waals surface area contributed by atoms with Gasteiger partial charge in [-0.1, -0.05) is 12.1 Å². The Labute approximate surface area is 110 Å². The highest BCUT2D eigenvalue weighted by molar-refractivity contribution is 7.91. The van der Waals surface area contributed by atoms with Crippen LogP contribution in [0.2, 0.25) is 0 Å². The van der Waals surface area contributed by atoms with E-state index in [2.05, 4.69) is 5.32 Å². The predicted octanol–water partition coefficient (Wildman–Crippen LogP) is 2.13. The van der Waals surface area contributed by atoms with E-state index >= 15 is 0 Å². The van der Waals surface area contributed by atoms with Crippen LogP contribution >= 0.6 is 0 Å². The minimum absolute atomic E-state index is 0.217. The minimum atomic E-state index is -4.58. The second-order valence-electron chi connectivity index (χ2n) is 4.41. The summed E-state index contributed by atoms with van der Waals surface area (Å²) in [6.45, 7) is 1.80. The summed E-state index contributed by atoms with van der Waals surface area (Å²) in [7, 11) is -4.58. The molecule has 1 saturated heterocycles. The van der Waals surface area contributed by atoms with Crippen molar-refractivity contribution in [2.75, 3.05) is 25.1 Å². The molecule has 106 valence electrons. The van der Waals surface area contributed by atoms with E-state index in [0.717, 1.165) is 6.42 Å². The van der Waals surface area contributed by atoms with Crippen LogP contribution in [0.5, 0.6) is 0 Å². The van der Waals surface area contributed by atoms with Gasteiger partial charge >= 0.3 is 5.76 Å². The molecular weight excluding hydrogens is 276 g/mol. The van der Waals surface area contributed by atoms with Crippen LogP contribution in [0.3, 0.4) is 0 Å². The second kappa shape index (κ2) is 5.83. The Kier molecular flexibility index (Phi) is 4.36. The van der Waals surface area contributed by atoms with Gasteiger partial charge in [0.25, 0.3) is 0 Å². The summed E-state index contributed by atoms with van der Waals surface area (Å²) >= 11 is 0. The van der Waals surface area contributed by atoms with Crippen LogP contribution in [-0.4, -0.2) is 33.9 Å². The Hall–Kier alpha value is -1.21. The van der Waals surface area contributed by atoms with Crippen molar-refractivity contribution in [3.05, 3.63) is 24.3 Å². The first-order valence-corrected chi connectivity index (χ1v) is 7.49. The highest BCUT2D eigenvalue weighted by atomic mass is 32.2. The lowest BCUT2D eigenvalue weighted by molar-refractivity contribution is 0.187. The monoisotopic (exact) mass is 291 g/mol. The molecule has 0 saturated carbocycles. The molecule has 0 amide bonds. The standard InChI is InChI=1S/C12H15F2NO3S/c13-12(14)19(16,17)11-4-2-1-3-10(11)15-7-9-5-6-18-8-9/h1-4,9,12,15H,5-8H2. The molecule has 1 atom stereocenters. The van der Waals surface area contributed by atoms with Crippen LogP contribution in [0.25, 0.3) is 0 Å². The number of hydrogen-bond acceptors (Lipinski definition) is 4. The van der Waals surface area contributed by atoms with Crippen molar-refractivity contribution < 1.29 is 21.9 Å². The zero-order valence-electron chi connectivity index (χ0n) is 10.2. The smallest absolute Gasteiger partial charge is 0.341 e. The highest BCUT2D eigenvalue weighted by Gasteiger charge is 2.29. The lowest BCUT2D eigenvalue weighted by Crippen LogP contribution is -2.18. The van der Waals surface area contributed by atoms with Gasteiger partial charge < -0.3 is 10.1 Å². The lowest BCUT2D eigenvalue weighted by atomic mass is 10.1. The first kappa shape index (κ1) is 14.2. The van der Waals surface area contributed by atoms with Crippen molar-refractivity contribution >= 4 is 15.5 Å². The number of sulfone groups is 1. The Morgan fingerprint density at radius 2 is 2.11 bits per heavy atom. The third-order valence-corrected chi connectivity index (χ3v) is 4.47. The quantitative estimate of drug-likeness (QED) is 0.903. The number of para-hydroxylation sites is 1. The molecule has 1 aliphatic rings. The number of rotatable bonds is 5. The van der Waals surface area contributed by atoms with Crippen molar-refractivity contribution in [1.82, 2.24) is 0 Å². The first-order valence-electron chi connectivity index (χ1n) is 5.94. The molecule has 0 spiro atoms. The van der Waals surface area contributed by atoms with Gasteiger partial charge in [0.05, 0.1) is 17.2 Å². The van der Waals surface area contributed by atoms with Gasteiger partial charge in [-0.05, 0) is 18.6 Å². The summed E-state index contributed by atoms with van der Waals surface area (Å²) in [4.78, 5) is -0.357. The predicted molar refractivity (Wildman–Crippen MR) is 67.0 cm³/mol. The molecular formula is C12H15F2NO3S. The molecule has 4 nitrogen and oxygen atoms in total. The molecule has 1 fully saturated rings. The summed E-state index contributed by atoms with van der Waals surface area (Å²) < 4.78 is 53.4. The molecule has 0 aromatic heterocycles. The van der Waals surface area contributed by atoms with E-state index in [1.54, 1.807) is 6.07 Å². The fourth-order valence-corrected chi connectivity index (χ4v) is 2.86. The first-order chi connectivity index (χ1) is 9.01. The summed E-state index contributed by atoms with van der Waals surface area (Å²) in [5, 5.41) is 2.92. The second-order valence-corrected chi connectivity index (χ2v) is 6.30. The Bertz CT molecular complexity index is 528. The van der Waals surface area contributed by atoms with E-state index in [0.29, 0.717) is 19.8 Å². The number of benzene rings is 1. The summed E-state index contributed by atoms with van der Waals surface area (Å²) in [6, 6.07) is 5.72. The van der Waals surface area contributed by atoms with Gasteiger partial charge in [0.15, 0.2) is 0 Å². The normalized spacial score (nSPS) is 19.8. The average Bonchev–Trinajstić information content (AvgIpc) is 2.89. The van der Waals surface area contributed by atoms with Crippen molar-refractivity contribution in [2.45, 2.75) is 17.1 Å². The number of nitrogens with one attached hydrogen (secondary N) is 1. The molecule has 0 aliphatic carbocycles. The van der Waals surface area contributed by atoms with Gasteiger partial charge in [-0.15, -0.1) is 0 Å². The van der Waals surface area contributed by atoms with Crippen LogP contribution in [-0.2, 0) is 14.6 Å². The maximum absolute atomic E-state index is 12.6. The third kappa shape index (κ3) is 3.22. The molecule has 19 heavy (non-hydrogen) atoms. The fourth-order valence-electron chi connectivity index (χ4n) is 1.96. The maximum atomic E-state index is 12.6. The van der Waals surface area contributed by atoms with Crippen LogP contribution in [0.4, 0.5) is 14.5 Å². The van der Waals surface area contributed by atoms with E-state index in [1.165, 1.54) is 18.2 Å². The molecule has 0 radical (unpaired) electrons. The van der Waals surface area contributed by atoms with Crippen LogP contribution in [0, 0.1) is 5.92 Å². The van der Waals surface area contributed by atoms with E-state index < -0.39 is 15.6 Å². The van der Waals surface area contributed by atoms with E-state index in [9.17, 15) is 17.2 Å². The number of halogens is 2. The maximum Gasteiger partial charge on any atom is 0.341 e. The summed E-state index contributed by atoms with van der Waals surface area (Å²) in [5.74, 6) is -3.13. The van der Waals surface area contributed by atoms with Gasteiger partial charge in [-0.25, -0.2) is 8.42 Å². The number of ether oxygens (including phenoxy) is 1. The molecule has 2 rings (SSSR count). The van der Waals surface area contributed by atoms with E-state index in [1.807, 2.05) is 0 Å². The van der Waals surface area contributed by atoms with Crippen molar-refractivity contribution in [3.63, 3.8) is 0 Å². The van der Waals surface area contributed by atoms with Crippen molar-refractivity contribution in [1.29, 1.82) is 0 Å². The molecule has 7 heteroatoms. The third-order valence-electron chi connectivity index (χ3n) is 3.03. The number of hydrogen-bond donors (Lipinski definition) is 1. The number of alkyl halides is 2. The topological polar surface area (TPSA) is 55.4 Å². The average molecular weight is 291 g/mol.